The zero-order valence-electron chi connectivity index (χ0n) is 24.3. The van der Waals surface area contributed by atoms with Gasteiger partial charge in [-0.2, -0.15) is 5.10 Å². The van der Waals surface area contributed by atoms with Crippen molar-refractivity contribution in [3.63, 3.8) is 0 Å². The number of aryl methyl sites for hydroxylation is 4. The average Bonchev–Trinajstić information content (AvgIpc) is 3.33. The van der Waals surface area contributed by atoms with Crippen molar-refractivity contribution in [2.45, 2.75) is 58.4 Å². The van der Waals surface area contributed by atoms with Crippen LogP contribution < -0.4 is 16.0 Å². The number of sulfonamides is 1. The smallest absolute Gasteiger partial charge is 0.276 e. The van der Waals surface area contributed by atoms with E-state index in [4.69, 9.17) is 4.98 Å². The van der Waals surface area contributed by atoms with E-state index in [1.165, 1.54) is 0 Å². The summed E-state index contributed by atoms with van der Waals surface area (Å²) >= 11 is 0. The van der Waals surface area contributed by atoms with E-state index in [-0.39, 0.29) is 17.7 Å². The topological polar surface area (TPSA) is 134 Å². The number of carbonyl (C=O) groups is 1. The zero-order valence-corrected chi connectivity index (χ0v) is 25.1. The van der Waals surface area contributed by atoms with Crippen LogP contribution in [0.25, 0.3) is 11.4 Å². The number of nitrogens with zero attached hydrogens (tertiary/aromatic N) is 5. The van der Waals surface area contributed by atoms with Gasteiger partial charge in [0.2, 0.25) is 16.0 Å². The Balaban J connectivity index is 1.33. The summed E-state index contributed by atoms with van der Waals surface area (Å²) in [7, 11) is 0.346. The molecule has 220 valence electrons. The molecule has 1 fully saturated rings. The van der Waals surface area contributed by atoms with Gasteiger partial charge in [0.05, 0.1) is 17.1 Å². The molecule has 11 nitrogen and oxygen atoms in total. The maximum absolute atomic E-state index is 13.6. The van der Waals surface area contributed by atoms with Crippen molar-refractivity contribution in [1.29, 1.82) is 0 Å². The summed E-state index contributed by atoms with van der Waals surface area (Å²) in [6, 6.07) is 6.22. The molecule has 3 heterocycles. The summed E-state index contributed by atoms with van der Waals surface area (Å²) in [5.74, 6) is 0.405. The Kier molecular flexibility index (Phi) is 8.71. The van der Waals surface area contributed by atoms with Crippen LogP contribution in [0.1, 0.15) is 59.4 Å². The van der Waals surface area contributed by atoms with Crippen molar-refractivity contribution in [3.05, 3.63) is 52.3 Å². The quantitative estimate of drug-likeness (QED) is 0.333. The lowest BCUT2D eigenvalue weighted by Crippen LogP contribution is -2.44. The number of benzene rings is 1. The average molecular weight is 581 g/mol. The minimum atomic E-state index is -3.26. The van der Waals surface area contributed by atoms with E-state index >= 15 is 0 Å². The highest BCUT2D eigenvalue weighted by molar-refractivity contribution is 7.89. The van der Waals surface area contributed by atoms with Crippen LogP contribution >= 0.6 is 0 Å². The van der Waals surface area contributed by atoms with Crippen LogP contribution in [-0.2, 0) is 42.8 Å². The van der Waals surface area contributed by atoms with Crippen LogP contribution in [0, 0.1) is 0 Å². The lowest BCUT2D eigenvalue weighted by molar-refractivity contribution is 0.102. The maximum Gasteiger partial charge on any atom is 0.276 e. The molecule has 0 atom stereocenters. The molecule has 0 spiro atoms. The molecule has 1 aliphatic heterocycles. The minimum absolute atomic E-state index is 0.0751. The number of aromatic nitrogens is 4. The van der Waals surface area contributed by atoms with Gasteiger partial charge in [-0.15, -0.1) is 0 Å². The number of carbonyl (C=O) groups excluding carboxylic acids is 1. The molecule has 2 aromatic heterocycles. The van der Waals surface area contributed by atoms with E-state index in [0.29, 0.717) is 50.5 Å². The van der Waals surface area contributed by atoms with Crippen LogP contribution in [0.15, 0.2) is 24.4 Å². The summed E-state index contributed by atoms with van der Waals surface area (Å²) in [6.07, 6.45) is 6.28. The van der Waals surface area contributed by atoms with Crippen LogP contribution in [0.5, 0.6) is 0 Å². The van der Waals surface area contributed by atoms with Gasteiger partial charge >= 0.3 is 0 Å². The Bertz CT molecular complexity index is 1500. The van der Waals surface area contributed by atoms with Gasteiger partial charge in [-0.05, 0) is 62.3 Å². The molecule has 0 saturated carbocycles. The molecular formula is C29H40N8O3S. The standard InChI is InChI=1S/C29H40N8O3S/c1-5-19-8-7-9-20(6-2)24(19)33-28(38)26-23-11-10-21-18-31-29(34-25(21)27(23)36(4)35-26)32-22-12-15-37(16-13-22)41(39,40)17-14-30-3/h7-9,18,22,30H,5-6,10-17H2,1-4H3,(H,33,38)(H,31,32,34). The minimum Gasteiger partial charge on any atom is -0.351 e. The predicted octanol–water partition coefficient (Wildman–Crippen LogP) is 2.78. The third-order valence-electron chi connectivity index (χ3n) is 8.12. The fourth-order valence-corrected chi connectivity index (χ4v) is 7.29. The molecule has 12 heteroatoms. The number of nitrogens with one attached hydrogen (secondary N) is 3. The first-order chi connectivity index (χ1) is 19.7. The Morgan fingerprint density at radius 1 is 1.10 bits per heavy atom. The molecule has 1 aliphatic carbocycles. The van der Waals surface area contributed by atoms with E-state index in [9.17, 15) is 13.2 Å². The summed E-state index contributed by atoms with van der Waals surface area (Å²) in [5, 5.41) is 14.1. The van der Waals surface area contributed by atoms with Crippen molar-refractivity contribution in [3.8, 4) is 11.4 Å². The third kappa shape index (κ3) is 6.00. The van der Waals surface area contributed by atoms with E-state index in [2.05, 4.69) is 52.0 Å². The second-order valence-electron chi connectivity index (χ2n) is 10.7. The maximum atomic E-state index is 13.6. The molecule has 41 heavy (non-hydrogen) atoms. The first kappa shape index (κ1) is 29.2. The molecule has 0 bridgehead atoms. The van der Waals surface area contributed by atoms with E-state index in [1.807, 2.05) is 19.3 Å². The number of hydrogen-bond donors (Lipinski definition) is 3. The van der Waals surface area contributed by atoms with Gasteiger partial charge in [-0.3, -0.25) is 9.48 Å². The predicted molar refractivity (Wildman–Crippen MR) is 161 cm³/mol. The molecule has 0 unspecified atom stereocenters. The monoisotopic (exact) mass is 580 g/mol. The number of para-hydroxylation sites is 1. The van der Waals surface area contributed by atoms with Crippen molar-refractivity contribution < 1.29 is 13.2 Å². The Hall–Kier alpha value is -3.35. The van der Waals surface area contributed by atoms with Gasteiger partial charge in [-0.25, -0.2) is 22.7 Å². The molecule has 2 aliphatic rings. The summed E-state index contributed by atoms with van der Waals surface area (Å²) in [5.41, 5.74) is 7.08. The Morgan fingerprint density at radius 2 is 1.80 bits per heavy atom. The van der Waals surface area contributed by atoms with Crippen molar-refractivity contribution in [2.75, 3.05) is 43.1 Å². The van der Waals surface area contributed by atoms with Crippen LogP contribution in [0.4, 0.5) is 11.6 Å². The van der Waals surface area contributed by atoms with Gasteiger partial charge in [-0.1, -0.05) is 32.0 Å². The number of piperidine rings is 1. The lowest BCUT2D eigenvalue weighted by Gasteiger charge is -2.31. The van der Waals surface area contributed by atoms with Gasteiger partial charge in [0, 0.05) is 50.2 Å². The zero-order chi connectivity index (χ0) is 29.1. The Morgan fingerprint density at radius 3 is 2.46 bits per heavy atom. The highest BCUT2D eigenvalue weighted by Gasteiger charge is 2.31. The molecule has 3 aromatic rings. The number of fused-ring (bicyclic) bond motifs is 3. The summed E-state index contributed by atoms with van der Waals surface area (Å²) in [6.45, 7) is 5.56. The number of amides is 1. The highest BCUT2D eigenvalue weighted by atomic mass is 32.2. The Labute approximate surface area is 242 Å². The molecule has 1 amide bonds. The number of hydrogen-bond acceptors (Lipinski definition) is 8. The van der Waals surface area contributed by atoms with Gasteiger partial charge in [0.15, 0.2) is 5.69 Å². The van der Waals surface area contributed by atoms with E-state index < -0.39 is 10.0 Å². The third-order valence-corrected chi connectivity index (χ3v) is 9.99. The van der Waals surface area contributed by atoms with E-state index in [0.717, 1.165) is 58.6 Å². The van der Waals surface area contributed by atoms with Crippen molar-refractivity contribution in [2.24, 2.45) is 7.05 Å². The SMILES string of the molecule is CCc1cccc(CC)c1NC(=O)c1nn(C)c2c1CCc1cnc(NC3CCN(S(=O)(=O)CCNC)CC3)nc1-2. The highest BCUT2D eigenvalue weighted by Crippen LogP contribution is 2.35. The molecule has 1 saturated heterocycles. The molecular weight excluding hydrogens is 540 g/mol. The summed E-state index contributed by atoms with van der Waals surface area (Å²) in [4.78, 5) is 23.0. The van der Waals surface area contributed by atoms with Crippen LogP contribution in [0.2, 0.25) is 0 Å². The first-order valence-electron chi connectivity index (χ1n) is 14.5. The number of anilines is 2. The molecule has 5 rings (SSSR count). The van der Waals surface area contributed by atoms with Crippen LogP contribution in [-0.4, -0.2) is 76.9 Å². The molecule has 1 aromatic carbocycles. The van der Waals surface area contributed by atoms with Gasteiger partial charge < -0.3 is 16.0 Å². The second-order valence-corrected chi connectivity index (χ2v) is 12.8. The van der Waals surface area contributed by atoms with Crippen LogP contribution in [0.3, 0.4) is 0 Å². The van der Waals surface area contributed by atoms with Crippen molar-refractivity contribution >= 4 is 27.6 Å². The lowest BCUT2D eigenvalue weighted by atomic mass is 9.93. The normalized spacial score (nSPS) is 15.8. The number of rotatable bonds is 10. The van der Waals surface area contributed by atoms with Gasteiger partial charge in [0.25, 0.3) is 5.91 Å². The first-order valence-corrected chi connectivity index (χ1v) is 16.1. The summed E-state index contributed by atoms with van der Waals surface area (Å²) < 4.78 is 28.4. The fraction of sp³-hybridized carbons (Fsp3) is 0.517. The second kappa shape index (κ2) is 12.3. The molecule has 3 N–H and O–H groups in total. The van der Waals surface area contributed by atoms with Crippen molar-refractivity contribution in [1.82, 2.24) is 29.4 Å². The fourth-order valence-electron chi connectivity index (χ4n) is 5.80. The largest absolute Gasteiger partial charge is 0.351 e. The molecule has 0 radical (unpaired) electrons. The van der Waals surface area contributed by atoms with E-state index in [1.54, 1.807) is 16.0 Å². The van der Waals surface area contributed by atoms with Gasteiger partial charge in [0.1, 0.15) is 0 Å².